The SMILES string of the molecule is CC(C)COc1ccc(-c2nn(-c3ccccc3)cc2C=C(C#N)C(=O)NC2CCS(=O)(=O)C2)cc1. The van der Waals surface area contributed by atoms with E-state index in [1.165, 1.54) is 6.08 Å². The number of nitriles is 1. The van der Waals surface area contributed by atoms with E-state index in [0.717, 1.165) is 17.0 Å². The van der Waals surface area contributed by atoms with Crippen molar-refractivity contribution in [2.45, 2.75) is 26.3 Å². The van der Waals surface area contributed by atoms with Crippen LogP contribution in [0, 0.1) is 17.2 Å². The van der Waals surface area contributed by atoms with Crippen molar-refractivity contribution in [2.75, 3.05) is 18.1 Å². The van der Waals surface area contributed by atoms with E-state index in [9.17, 15) is 18.5 Å². The maximum Gasteiger partial charge on any atom is 0.262 e. The summed E-state index contributed by atoms with van der Waals surface area (Å²) in [5.41, 5.74) is 2.69. The fourth-order valence-electron chi connectivity index (χ4n) is 3.88. The molecule has 0 saturated carbocycles. The molecule has 0 radical (unpaired) electrons. The monoisotopic (exact) mass is 504 g/mol. The van der Waals surface area contributed by atoms with Crippen LogP contribution >= 0.6 is 0 Å². The van der Waals surface area contributed by atoms with Crippen LogP contribution in [0.1, 0.15) is 25.8 Å². The topological polar surface area (TPSA) is 114 Å². The third-order valence-electron chi connectivity index (χ3n) is 5.71. The van der Waals surface area contributed by atoms with Crippen molar-refractivity contribution in [3.63, 3.8) is 0 Å². The highest BCUT2D eigenvalue weighted by Gasteiger charge is 2.29. The summed E-state index contributed by atoms with van der Waals surface area (Å²) in [6.45, 7) is 4.77. The van der Waals surface area contributed by atoms with Crippen LogP contribution in [0.5, 0.6) is 5.75 Å². The van der Waals surface area contributed by atoms with Crippen molar-refractivity contribution >= 4 is 21.8 Å². The van der Waals surface area contributed by atoms with E-state index in [1.807, 2.05) is 60.7 Å². The minimum Gasteiger partial charge on any atom is -0.493 e. The van der Waals surface area contributed by atoms with E-state index in [2.05, 4.69) is 19.2 Å². The normalized spacial score (nSPS) is 17.1. The zero-order valence-corrected chi connectivity index (χ0v) is 21.0. The molecule has 186 valence electrons. The first-order chi connectivity index (χ1) is 17.2. The second kappa shape index (κ2) is 10.8. The second-order valence-corrected chi connectivity index (χ2v) is 11.4. The van der Waals surface area contributed by atoms with Gasteiger partial charge in [0.15, 0.2) is 9.84 Å². The second-order valence-electron chi connectivity index (χ2n) is 9.19. The Kier molecular flexibility index (Phi) is 7.55. The molecule has 1 amide bonds. The number of aromatic nitrogens is 2. The first-order valence-corrected chi connectivity index (χ1v) is 13.6. The Balaban J connectivity index is 1.66. The van der Waals surface area contributed by atoms with E-state index in [1.54, 1.807) is 10.9 Å². The third-order valence-corrected chi connectivity index (χ3v) is 7.47. The fourth-order valence-corrected chi connectivity index (χ4v) is 5.55. The summed E-state index contributed by atoms with van der Waals surface area (Å²) in [5, 5.41) is 17.1. The van der Waals surface area contributed by atoms with Crippen LogP contribution in [-0.4, -0.2) is 48.3 Å². The molecule has 1 N–H and O–H groups in total. The van der Waals surface area contributed by atoms with Crippen LogP contribution in [0.3, 0.4) is 0 Å². The number of rotatable bonds is 8. The van der Waals surface area contributed by atoms with E-state index in [0.29, 0.717) is 30.2 Å². The Morgan fingerprint density at radius 2 is 1.94 bits per heavy atom. The van der Waals surface area contributed by atoms with Crippen molar-refractivity contribution in [1.29, 1.82) is 5.26 Å². The van der Waals surface area contributed by atoms with Crippen LogP contribution in [0.4, 0.5) is 0 Å². The van der Waals surface area contributed by atoms with Gasteiger partial charge in [-0.3, -0.25) is 4.79 Å². The van der Waals surface area contributed by atoms with Crippen molar-refractivity contribution in [3.8, 4) is 28.8 Å². The fraction of sp³-hybridized carbons (Fsp3) is 0.296. The van der Waals surface area contributed by atoms with E-state index < -0.39 is 21.8 Å². The average Bonchev–Trinajstić information content (AvgIpc) is 3.44. The largest absolute Gasteiger partial charge is 0.493 e. The van der Waals surface area contributed by atoms with Crippen molar-refractivity contribution < 1.29 is 17.9 Å². The van der Waals surface area contributed by atoms with Gasteiger partial charge < -0.3 is 10.1 Å². The van der Waals surface area contributed by atoms with E-state index >= 15 is 0 Å². The number of carbonyl (C=O) groups excluding carboxylic acids is 1. The molecule has 9 heteroatoms. The number of ether oxygens (including phenoxy) is 1. The lowest BCUT2D eigenvalue weighted by atomic mass is 10.1. The van der Waals surface area contributed by atoms with Gasteiger partial charge in [0.25, 0.3) is 5.91 Å². The van der Waals surface area contributed by atoms with Crippen molar-refractivity contribution in [1.82, 2.24) is 15.1 Å². The number of benzene rings is 2. The lowest BCUT2D eigenvalue weighted by Gasteiger charge is -2.10. The van der Waals surface area contributed by atoms with Crippen LogP contribution in [0.2, 0.25) is 0 Å². The molecular formula is C27H28N4O4S. The third kappa shape index (κ3) is 6.20. The van der Waals surface area contributed by atoms with Crippen LogP contribution < -0.4 is 10.1 Å². The Labute approximate surface area is 211 Å². The number of hydrogen-bond acceptors (Lipinski definition) is 6. The Hall–Kier alpha value is -3.90. The smallest absolute Gasteiger partial charge is 0.262 e. The highest BCUT2D eigenvalue weighted by atomic mass is 32.2. The predicted octanol–water partition coefficient (Wildman–Crippen LogP) is 3.78. The summed E-state index contributed by atoms with van der Waals surface area (Å²) >= 11 is 0. The van der Waals surface area contributed by atoms with Gasteiger partial charge in [-0.1, -0.05) is 32.0 Å². The van der Waals surface area contributed by atoms with Crippen molar-refractivity contribution in [3.05, 3.63) is 71.9 Å². The zero-order valence-electron chi connectivity index (χ0n) is 20.2. The van der Waals surface area contributed by atoms with Crippen LogP contribution in [0.15, 0.2) is 66.4 Å². The molecule has 1 atom stereocenters. The van der Waals surface area contributed by atoms with Gasteiger partial charge in [0.05, 0.1) is 29.5 Å². The lowest BCUT2D eigenvalue weighted by molar-refractivity contribution is -0.117. The Morgan fingerprint density at radius 3 is 2.56 bits per heavy atom. The number of hydrogen-bond donors (Lipinski definition) is 1. The van der Waals surface area contributed by atoms with Gasteiger partial charge in [-0.25, -0.2) is 13.1 Å². The number of carbonyl (C=O) groups is 1. The molecular weight excluding hydrogens is 476 g/mol. The maximum absolute atomic E-state index is 12.8. The summed E-state index contributed by atoms with van der Waals surface area (Å²) in [4.78, 5) is 12.8. The Bertz CT molecular complexity index is 1400. The quantitative estimate of drug-likeness (QED) is 0.369. The van der Waals surface area contributed by atoms with Gasteiger partial charge in [-0.2, -0.15) is 10.4 Å². The first kappa shape index (κ1) is 25.2. The van der Waals surface area contributed by atoms with Crippen LogP contribution in [-0.2, 0) is 14.6 Å². The minimum atomic E-state index is -3.16. The standard InChI is InChI=1S/C27H28N4O4S/c1-19(2)17-35-25-10-8-20(9-11-25)26-22(16-31(30-26)24-6-4-3-5-7-24)14-21(15-28)27(32)29-23-12-13-36(33,34)18-23/h3-11,14,16,19,23H,12-13,17-18H2,1-2H3,(H,29,32). The molecule has 36 heavy (non-hydrogen) atoms. The summed E-state index contributed by atoms with van der Waals surface area (Å²) in [5.74, 6) is 0.475. The van der Waals surface area contributed by atoms with Gasteiger partial charge in [-0.15, -0.1) is 0 Å². The molecule has 3 aromatic rings. The molecule has 4 rings (SSSR count). The van der Waals surface area contributed by atoms with Crippen molar-refractivity contribution in [2.24, 2.45) is 5.92 Å². The van der Waals surface area contributed by atoms with Gasteiger partial charge >= 0.3 is 0 Å². The molecule has 1 aromatic heterocycles. The number of nitrogens with one attached hydrogen (secondary N) is 1. The van der Waals surface area contributed by atoms with Gasteiger partial charge in [0.1, 0.15) is 17.4 Å². The molecule has 1 aliphatic rings. The number of sulfone groups is 1. The van der Waals surface area contributed by atoms with Gasteiger partial charge in [0.2, 0.25) is 0 Å². The zero-order chi connectivity index (χ0) is 25.7. The molecule has 2 aromatic carbocycles. The molecule has 2 heterocycles. The van der Waals surface area contributed by atoms with E-state index in [4.69, 9.17) is 9.84 Å². The molecule has 0 aliphatic carbocycles. The highest BCUT2D eigenvalue weighted by molar-refractivity contribution is 7.91. The number of para-hydroxylation sites is 1. The first-order valence-electron chi connectivity index (χ1n) is 11.8. The predicted molar refractivity (Wildman–Crippen MR) is 138 cm³/mol. The maximum atomic E-state index is 12.8. The highest BCUT2D eigenvalue weighted by Crippen LogP contribution is 2.28. The molecule has 1 fully saturated rings. The molecule has 0 bridgehead atoms. The van der Waals surface area contributed by atoms with Gasteiger partial charge in [-0.05, 0) is 54.8 Å². The molecule has 1 saturated heterocycles. The van der Waals surface area contributed by atoms with Crippen LogP contribution in [0.25, 0.3) is 23.0 Å². The van der Waals surface area contributed by atoms with Gasteiger partial charge in [0, 0.05) is 23.4 Å². The molecule has 0 spiro atoms. The molecule has 8 nitrogen and oxygen atoms in total. The summed E-state index contributed by atoms with van der Waals surface area (Å²) in [6, 6.07) is 18.5. The lowest BCUT2D eigenvalue weighted by Crippen LogP contribution is -2.36. The summed E-state index contributed by atoms with van der Waals surface area (Å²) in [6.07, 6.45) is 3.59. The Morgan fingerprint density at radius 1 is 1.22 bits per heavy atom. The summed E-state index contributed by atoms with van der Waals surface area (Å²) < 4.78 is 31.0. The summed E-state index contributed by atoms with van der Waals surface area (Å²) in [7, 11) is -3.16. The molecule has 1 aliphatic heterocycles. The minimum absolute atomic E-state index is 0.0361. The average molecular weight is 505 g/mol. The molecule has 1 unspecified atom stereocenters. The number of amides is 1. The van der Waals surface area contributed by atoms with E-state index in [-0.39, 0.29) is 17.1 Å². The number of nitrogens with zero attached hydrogens (tertiary/aromatic N) is 3.